The number of anilines is 1. The van der Waals surface area contributed by atoms with Crippen molar-refractivity contribution in [2.75, 3.05) is 19.0 Å². The van der Waals surface area contributed by atoms with Crippen LogP contribution in [0.5, 0.6) is 11.5 Å². The molecular formula is C16H19N5O3. The maximum atomic E-state index is 12.0. The third-order valence-corrected chi connectivity index (χ3v) is 3.20. The number of nitriles is 1. The van der Waals surface area contributed by atoms with Gasteiger partial charge in [0.25, 0.3) is 5.91 Å². The van der Waals surface area contributed by atoms with E-state index in [9.17, 15) is 4.79 Å². The van der Waals surface area contributed by atoms with Crippen LogP contribution in [0.25, 0.3) is 0 Å². The largest absolute Gasteiger partial charge is 0.493 e. The number of carbonyl (C=O) groups is 1. The summed E-state index contributed by atoms with van der Waals surface area (Å²) in [5.41, 5.74) is 0.448. The number of hydrogen-bond donors (Lipinski definition) is 1. The molecule has 2 aromatic rings. The van der Waals surface area contributed by atoms with E-state index < -0.39 is 0 Å². The lowest BCUT2D eigenvalue weighted by Gasteiger charge is -2.10. The Labute approximate surface area is 140 Å². The second-order valence-corrected chi connectivity index (χ2v) is 5.39. The SMILES string of the molecule is COc1cc(C#N)ccc1OCC(=O)Nc1nc(C(C)C)nn1C. The van der Waals surface area contributed by atoms with Crippen LogP contribution in [-0.2, 0) is 11.8 Å². The molecule has 2 rings (SSSR count). The zero-order valence-electron chi connectivity index (χ0n) is 14.0. The van der Waals surface area contributed by atoms with Crippen LogP contribution < -0.4 is 14.8 Å². The number of aryl methyl sites for hydroxylation is 1. The van der Waals surface area contributed by atoms with Gasteiger partial charge in [0.05, 0.1) is 18.7 Å². The monoisotopic (exact) mass is 329 g/mol. The molecule has 126 valence electrons. The number of ether oxygens (including phenoxy) is 2. The van der Waals surface area contributed by atoms with Crippen molar-refractivity contribution < 1.29 is 14.3 Å². The molecule has 0 aliphatic rings. The molecule has 0 atom stereocenters. The van der Waals surface area contributed by atoms with Gasteiger partial charge in [-0.3, -0.25) is 10.1 Å². The lowest BCUT2D eigenvalue weighted by molar-refractivity contribution is -0.118. The second kappa shape index (κ2) is 7.46. The van der Waals surface area contributed by atoms with Crippen LogP contribution >= 0.6 is 0 Å². The minimum Gasteiger partial charge on any atom is -0.493 e. The smallest absolute Gasteiger partial charge is 0.264 e. The maximum Gasteiger partial charge on any atom is 0.264 e. The standard InChI is InChI=1S/C16H19N5O3/c1-10(2)15-19-16(21(3)20-15)18-14(22)9-24-12-6-5-11(8-17)7-13(12)23-4/h5-7,10H,9H2,1-4H3,(H,18,19,20,22). The molecule has 0 saturated carbocycles. The van der Waals surface area contributed by atoms with Crippen LogP contribution in [-0.4, -0.2) is 34.4 Å². The van der Waals surface area contributed by atoms with Gasteiger partial charge in [0, 0.05) is 19.0 Å². The fourth-order valence-electron chi connectivity index (χ4n) is 1.92. The fraction of sp³-hybridized carbons (Fsp3) is 0.375. The van der Waals surface area contributed by atoms with E-state index in [1.54, 1.807) is 25.2 Å². The Balaban J connectivity index is 2.00. The highest BCUT2D eigenvalue weighted by atomic mass is 16.5. The molecule has 0 radical (unpaired) electrons. The van der Waals surface area contributed by atoms with Crippen LogP contribution in [0.4, 0.5) is 5.95 Å². The Morgan fingerprint density at radius 3 is 2.75 bits per heavy atom. The van der Waals surface area contributed by atoms with Gasteiger partial charge >= 0.3 is 0 Å². The molecule has 24 heavy (non-hydrogen) atoms. The van der Waals surface area contributed by atoms with Crippen molar-refractivity contribution in [2.45, 2.75) is 19.8 Å². The van der Waals surface area contributed by atoms with E-state index >= 15 is 0 Å². The van der Waals surface area contributed by atoms with Gasteiger partial charge in [-0.25, -0.2) is 4.68 Å². The normalized spacial score (nSPS) is 10.3. The fourth-order valence-corrected chi connectivity index (χ4v) is 1.92. The molecular weight excluding hydrogens is 310 g/mol. The first-order valence-electron chi connectivity index (χ1n) is 7.36. The van der Waals surface area contributed by atoms with Crippen LogP contribution in [0.3, 0.4) is 0 Å². The average Bonchev–Trinajstić information content (AvgIpc) is 2.93. The van der Waals surface area contributed by atoms with E-state index in [1.165, 1.54) is 11.8 Å². The highest BCUT2D eigenvalue weighted by Gasteiger charge is 2.14. The van der Waals surface area contributed by atoms with E-state index in [0.29, 0.717) is 28.8 Å². The minimum absolute atomic E-state index is 0.168. The molecule has 0 unspecified atom stereocenters. The van der Waals surface area contributed by atoms with Crippen LogP contribution in [0.1, 0.15) is 31.2 Å². The van der Waals surface area contributed by atoms with E-state index in [4.69, 9.17) is 14.7 Å². The second-order valence-electron chi connectivity index (χ2n) is 5.39. The van der Waals surface area contributed by atoms with E-state index in [0.717, 1.165) is 0 Å². The number of aromatic nitrogens is 3. The number of methoxy groups -OCH3 is 1. The van der Waals surface area contributed by atoms with Gasteiger partial charge in [-0.05, 0) is 12.1 Å². The molecule has 8 heteroatoms. The van der Waals surface area contributed by atoms with Crippen molar-refractivity contribution in [3.8, 4) is 17.6 Å². The molecule has 1 aromatic heterocycles. The maximum absolute atomic E-state index is 12.0. The summed E-state index contributed by atoms with van der Waals surface area (Å²) in [6.07, 6.45) is 0. The van der Waals surface area contributed by atoms with Crippen molar-refractivity contribution in [3.63, 3.8) is 0 Å². The topological polar surface area (TPSA) is 102 Å². The van der Waals surface area contributed by atoms with Crippen molar-refractivity contribution >= 4 is 11.9 Å². The predicted octanol–water partition coefficient (Wildman–Crippen LogP) is 1.84. The van der Waals surface area contributed by atoms with Gasteiger partial charge in [-0.15, -0.1) is 0 Å². The van der Waals surface area contributed by atoms with Crippen molar-refractivity contribution in [3.05, 3.63) is 29.6 Å². The third kappa shape index (κ3) is 4.01. The van der Waals surface area contributed by atoms with Crippen LogP contribution in [0.2, 0.25) is 0 Å². The Bertz CT molecular complexity index is 777. The van der Waals surface area contributed by atoms with E-state index in [1.807, 2.05) is 19.9 Å². The summed E-state index contributed by atoms with van der Waals surface area (Å²) in [7, 11) is 3.18. The molecule has 0 saturated heterocycles. The highest BCUT2D eigenvalue weighted by Crippen LogP contribution is 2.27. The van der Waals surface area contributed by atoms with Crippen molar-refractivity contribution in [2.24, 2.45) is 7.05 Å². The Morgan fingerprint density at radius 2 is 2.17 bits per heavy atom. The summed E-state index contributed by atoms with van der Waals surface area (Å²) in [4.78, 5) is 16.3. The number of amides is 1. The number of benzene rings is 1. The summed E-state index contributed by atoms with van der Waals surface area (Å²) in [5.74, 6) is 1.59. The molecule has 1 N–H and O–H groups in total. The number of rotatable bonds is 6. The predicted molar refractivity (Wildman–Crippen MR) is 86.9 cm³/mol. The molecule has 1 heterocycles. The average molecular weight is 329 g/mol. The zero-order chi connectivity index (χ0) is 17.7. The quantitative estimate of drug-likeness (QED) is 0.867. The van der Waals surface area contributed by atoms with E-state index in [-0.39, 0.29) is 18.4 Å². The Morgan fingerprint density at radius 1 is 1.42 bits per heavy atom. The number of nitrogens with zero attached hydrogens (tertiary/aromatic N) is 4. The summed E-state index contributed by atoms with van der Waals surface area (Å²) in [6.45, 7) is 3.73. The Kier molecular flexibility index (Phi) is 5.37. The number of carbonyl (C=O) groups excluding carboxylic acids is 1. The van der Waals surface area contributed by atoms with Gasteiger partial charge < -0.3 is 9.47 Å². The summed E-state index contributed by atoms with van der Waals surface area (Å²) in [6, 6.07) is 6.74. The molecule has 1 aromatic carbocycles. The molecule has 0 aliphatic carbocycles. The van der Waals surface area contributed by atoms with Crippen molar-refractivity contribution in [1.29, 1.82) is 5.26 Å². The minimum atomic E-state index is -0.368. The van der Waals surface area contributed by atoms with Gasteiger partial charge in [-0.1, -0.05) is 13.8 Å². The first-order valence-corrected chi connectivity index (χ1v) is 7.36. The first-order chi connectivity index (χ1) is 11.4. The van der Waals surface area contributed by atoms with Crippen molar-refractivity contribution in [1.82, 2.24) is 14.8 Å². The summed E-state index contributed by atoms with van der Waals surface area (Å²) < 4.78 is 12.1. The summed E-state index contributed by atoms with van der Waals surface area (Å²) >= 11 is 0. The molecule has 0 spiro atoms. The van der Waals surface area contributed by atoms with Gasteiger partial charge in [0.15, 0.2) is 23.9 Å². The molecule has 0 bridgehead atoms. The Hall–Kier alpha value is -3.08. The van der Waals surface area contributed by atoms with Gasteiger partial charge in [0.1, 0.15) is 0 Å². The molecule has 0 aliphatic heterocycles. The molecule has 0 fully saturated rings. The van der Waals surface area contributed by atoms with Crippen LogP contribution in [0.15, 0.2) is 18.2 Å². The van der Waals surface area contributed by atoms with Gasteiger partial charge in [-0.2, -0.15) is 15.3 Å². The first kappa shape index (κ1) is 17.3. The summed E-state index contributed by atoms with van der Waals surface area (Å²) in [5, 5.41) is 15.7. The lowest BCUT2D eigenvalue weighted by atomic mass is 10.2. The number of nitrogens with one attached hydrogen (secondary N) is 1. The number of hydrogen-bond acceptors (Lipinski definition) is 6. The highest BCUT2D eigenvalue weighted by molar-refractivity contribution is 5.90. The molecule has 8 nitrogen and oxygen atoms in total. The van der Waals surface area contributed by atoms with E-state index in [2.05, 4.69) is 15.4 Å². The zero-order valence-corrected chi connectivity index (χ0v) is 14.0. The van der Waals surface area contributed by atoms with Crippen LogP contribution in [0, 0.1) is 11.3 Å². The van der Waals surface area contributed by atoms with Gasteiger partial charge in [0.2, 0.25) is 5.95 Å². The third-order valence-electron chi connectivity index (χ3n) is 3.20. The molecule has 1 amide bonds. The lowest BCUT2D eigenvalue weighted by Crippen LogP contribution is -2.22.